The summed E-state index contributed by atoms with van der Waals surface area (Å²) in [6, 6.07) is 8.23. The average Bonchev–Trinajstić information content (AvgIpc) is 3.20. The summed E-state index contributed by atoms with van der Waals surface area (Å²) < 4.78 is 0. The monoisotopic (exact) mass is 332 g/mol. The Morgan fingerprint density at radius 3 is 2.43 bits per heavy atom. The molecule has 1 saturated heterocycles. The van der Waals surface area contributed by atoms with Gasteiger partial charge in [0, 0.05) is 63.9 Å². The zero-order chi connectivity index (χ0) is 16.2. The molecule has 1 amide bonds. The van der Waals surface area contributed by atoms with Crippen molar-refractivity contribution < 1.29 is 4.79 Å². The Balaban J connectivity index is 1.48. The number of nitrogens with one attached hydrogen (secondary N) is 1. The van der Waals surface area contributed by atoms with Crippen molar-refractivity contribution in [2.45, 2.75) is 13.1 Å². The molecule has 1 fully saturated rings. The minimum absolute atomic E-state index is 0.0250. The van der Waals surface area contributed by atoms with Gasteiger partial charge < -0.3 is 9.88 Å². The molecule has 6 heteroatoms. The van der Waals surface area contributed by atoms with Gasteiger partial charge in [-0.3, -0.25) is 14.6 Å². The van der Waals surface area contributed by atoms with E-state index in [1.807, 2.05) is 23.5 Å². The molecular formula is C17H24N4OS. The van der Waals surface area contributed by atoms with Crippen LogP contribution in [0, 0.1) is 0 Å². The van der Waals surface area contributed by atoms with Crippen LogP contribution in [-0.4, -0.2) is 65.9 Å². The molecule has 1 aliphatic heterocycles. The Bertz CT molecular complexity index is 627. The van der Waals surface area contributed by atoms with Crippen LogP contribution in [0.2, 0.25) is 0 Å². The van der Waals surface area contributed by atoms with Crippen molar-refractivity contribution in [3.05, 3.63) is 45.9 Å². The molecule has 1 aliphatic rings. The number of nitrogens with zero attached hydrogens (tertiary/aromatic N) is 3. The highest BCUT2D eigenvalue weighted by atomic mass is 32.1. The maximum absolute atomic E-state index is 11.9. The molecular weight excluding hydrogens is 308 g/mol. The number of carbonyl (C=O) groups is 1. The minimum Gasteiger partial charge on any atom is -0.353 e. The van der Waals surface area contributed by atoms with Crippen LogP contribution < -0.4 is 0 Å². The van der Waals surface area contributed by atoms with Crippen LogP contribution in [0.15, 0.2) is 29.6 Å². The van der Waals surface area contributed by atoms with Crippen LogP contribution in [0.3, 0.4) is 0 Å². The van der Waals surface area contributed by atoms with Gasteiger partial charge in [0.25, 0.3) is 5.91 Å². The van der Waals surface area contributed by atoms with E-state index in [1.54, 1.807) is 19.0 Å². The van der Waals surface area contributed by atoms with Gasteiger partial charge in [0.15, 0.2) is 0 Å². The third-order valence-electron chi connectivity index (χ3n) is 4.20. The van der Waals surface area contributed by atoms with Crippen molar-refractivity contribution in [2.24, 2.45) is 0 Å². The molecule has 2 aromatic rings. The molecule has 2 aromatic heterocycles. The zero-order valence-corrected chi connectivity index (χ0v) is 14.6. The summed E-state index contributed by atoms with van der Waals surface area (Å²) in [5.41, 5.74) is 1.78. The molecule has 0 atom stereocenters. The van der Waals surface area contributed by atoms with Crippen LogP contribution >= 0.6 is 11.3 Å². The summed E-state index contributed by atoms with van der Waals surface area (Å²) in [5, 5.41) is 2.14. The van der Waals surface area contributed by atoms with Gasteiger partial charge in [-0.2, -0.15) is 0 Å². The highest BCUT2D eigenvalue weighted by Gasteiger charge is 2.18. The van der Waals surface area contributed by atoms with Crippen molar-refractivity contribution in [2.75, 3.05) is 40.3 Å². The first-order chi connectivity index (χ1) is 11.1. The van der Waals surface area contributed by atoms with E-state index < -0.39 is 0 Å². The first kappa shape index (κ1) is 16.2. The largest absolute Gasteiger partial charge is 0.353 e. The second-order valence-corrected chi connectivity index (χ2v) is 7.26. The van der Waals surface area contributed by atoms with Crippen molar-refractivity contribution in [3.63, 3.8) is 0 Å². The highest BCUT2D eigenvalue weighted by molar-refractivity contribution is 7.09. The first-order valence-corrected chi connectivity index (χ1v) is 8.86. The van der Waals surface area contributed by atoms with Gasteiger partial charge in [-0.15, -0.1) is 11.3 Å². The van der Waals surface area contributed by atoms with Crippen molar-refractivity contribution in [1.29, 1.82) is 0 Å². The normalized spacial score (nSPS) is 16.6. The van der Waals surface area contributed by atoms with E-state index in [1.165, 1.54) is 4.88 Å². The smallest absolute Gasteiger partial charge is 0.269 e. The second-order valence-electron chi connectivity index (χ2n) is 6.23. The molecule has 0 saturated carbocycles. The first-order valence-electron chi connectivity index (χ1n) is 7.98. The van der Waals surface area contributed by atoms with Crippen molar-refractivity contribution in [3.8, 4) is 0 Å². The number of hydrogen-bond donors (Lipinski definition) is 1. The van der Waals surface area contributed by atoms with Gasteiger partial charge in [0.05, 0.1) is 0 Å². The van der Waals surface area contributed by atoms with E-state index in [0.29, 0.717) is 5.69 Å². The quantitative estimate of drug-likeness (QED) is 0.912. The lowest BCUT2D eigenvalue weighted by molar-refractivity contribution is 0.0822. The zero-order valence-electron chi connectivity index (χ0n) is 13.8. The van der Waals surface area contributed by atoms with E-state index >= 15 is 0 Å². The molecule has 3 rings (SSSR count). The molecule has 0 bridgehead atoms. The number of amides is 1. The van der Waals surface area contributed by atoms with E-state index in [2.05, 4.69) is 32.3 Å². The molecule has 0 spiro atoms. The third-order valence-corrected chi connectivity index (χ3v) is 5.06. The second kappa shape index (κ2) is 7.29. The molecule has 124 valence electrons. The molecule has 23 heavy (non-hydrogen) atoms. The number of carbonyl (C=O) groups excluding carboxylic acids is 1. The predicted octanol–water partition coefficient (Wildman–Crippen LogP) is 2.10. The van der Waals surface area contributed by atoms with E-state index in [0.717, 1.165) is 45.0 Å². The van der Waals surface area contributed by atoms with Gasteiger partial charge in [0.2, 0.25) is 0 Å². The lowest BCUT2D eigenvalue weighted by Crippen LogP contribution is -2.45. The summed E-state index contributed by atoms with van der Waals surface area (Å²) in [4.78, 5) is 23.2. The number of rotatable bonds is 5. The molecule has 5 nitrogen and oxygen atoms in total. The fourth-order valence-electron chi connectivity index (χ4n) is 2.87. The van der Waals surface area contributed by atoms with E-state index in [4.69, 9.17) is 0 Å². The standard InChI is InChI=1S/C17H24N4OS/c1-19(2)17(22)16-6-5-14(18-16)12-20-7-9-21(10-8-20)13-15-4-3-11-23-15/h3-6,11,18H,7-10,12-13H2,1-2H3. The molecule has 1 N–H and O–H groups in total. The van der Waals surface area contributed by atoms with Crippen LogP contribution in [0.25, 0.3) is 0 Å². The summed E-state index contributed by atoms with van der Waals surface area (Å²) in [6.07, 6.45) is 0. The summed E-state index contributed by atoms with van der Waals surface area (Å²) in [7, 11) is 3.55. The summed E-state index contributed by atoms with van der Waals surface area (Å²) >= 11 is 1.83. The fourth-order valence-corrected chi connectivity index (χ4v) is 3.61. The number of H-pyrrole nitrogens is 1. The number of aromatic nitrogens is 1. The van der Waals surface area contributed by atoms with Gasteiger partial charge >= 0.3 is 0 Å². The maximum atomic E-state index is 11.9. The highest BCUT2D eigenvalue weighted by Crippen LogP contribution is 2.15. The summed E-state index contributed by atoms with van der Waals surface area (Å²) in [6.45, 7) is 6.29. The molecule has 0 unspecified atom stereocenters. The summed E-state index contributed by atoms with van der Waals surface area (Å²) in [5.74, 6) is 0.0250. The van der Waals surface area contributed by atoms with Gasteiger partial charge in [-0.05, 0) is 23.6 Å². The van der Waals surface area contributed by atoms with Gasteiger partial charge in [-0.25, -0.2) is 0 Å². The molecule has 0 radical (unpaired) electrons. The number of piperazine rings is 1. The van der Waals surface area contributed by atoms with E-state index in [9.17, 15) is 4.79 Å². The molecule has 3 heterocycles. The van der Waals surface area contributed by atoms with Crippen LogP contribution in [-0.2, 0) is 13.1 Å². The Hall–Kier alpha value is -1.63. The van der Waals surface area contributed by atoms with E-state index in [-0.39, 0.29) is 5.91 Å². The lowest BCUT2D eigenvalue weighted by atomic mass is 10.3. The molecule has 0 aliphatic carbocycles. The van der Waals surface area contributed by atoms with Crippen molar-refractivity contribution >= 4 is 17.2 Å². The lowest BCUT2D eigenvalue weighted by Gasteiger charge is -2.34. The Morgan fingerprint density at radius 2 is 1.83 bits per heavy atom. The fraction of sp³-hybridized carbons (Fsp3) is 0.471. The number of hydrogen-bond acceptors (Lipinski definition) is 4. The maximum Gasteiger partial charge on any atom is 0.269 e. The van der Waals surface area contributed by atoms with Crippen LogP contribution in [0.4, 0.5) is 0 Å². The van der Waals surface area contributed by atoms with Crippen molar-refractivity contribution in [1.82, 2.24) is 19.7 Å². The average molecular weight is 332 g/mol. The Morgan fingerprint density at radius 1 is 1.13 bits per heavy atom. The predicted molar refractivity (Wildman–Crippen MR) is 93.7 cm³/mol. The minimum atomic E-state index is 0.0250. The molecule has 0 aromatic carbocycles. The van der Waals surface area contributed by atoms with Crippen LogP contribution in [0.1, 0.15) is 21.1 Å². The number of thiophene rings is 1. The van der Waals surface area contributed by atoms with Gasteiger partial charge in [0.1, 0.15) is 5.69 Å². The third kappa shape index (κ3) is 4.22. The Kier molecular flexibility index (Phi) is 5.15. The van der Waals surface area contributed by atoms with Crippen LogP contribution in [0.5, 0.6) is 0 Å². The number of aromatic amines is 1. The Labute approximate surface area is 141 Å². The van der Waals surface area contributed by atoms with Gasteiger partial charge in [-0.1, -0.05) is 6.07 Å². The topological polar surface area (TPSA) is 42.6 Å². The SMILES string of the molecule is CN(C)C(=O)c1ccc(CN2CCN(Cc3cccs3)CC2)[nH]1.